The maximum Gasteiger partial charge on any atom is 0.237 e. The van der Waals surface area contributed by atoms with Crippen molar-refractivity contribution in [1.82, 2.24) is 5.32 Å². The zero-order valence-electron chi connectivity index (χ0n) is 11.3. The van der Waals surface area contributed by atoms with E-state index in [1.54, 1.807) is 0 Å². The molecule has 1 aromatic rings. The number of aryl methyl sites for hydroxylation is 1. The van der Waals surface area contributed by atoms with Gasteiger partial charge >= 0.3 is 0 Å². The molecule has 102 valence electrons. The normalized spacial score (nSPS) is 13.3. The minimum Gasteiger partial charge on any atom is -0.348 e. The molecule has 3 nitrogen and oxygen atoms in total. The molecular formula is C14H23ClN2O. The SMILES string of the molecule is CCCC(N)C(=O)NC(C)c1ccccc1C.Cl. The number of hydrogen-bond acceptors (Lipinski definition) is 2. The molecule has 0 saturated heterocycles. The summed E-state index contributed by atoms with van der Waals surface area (Å²) >= 11 is 0. The summed E-state index contributed by atoms with van der Waals surface area (Å²) in [6.45, 7) is 6.06. The molecule has 0 saturated carbocycles. The summed E-state index contributed by atoms with van der Waals surface area (Å²) < 4.78 is 0. The van der Waals surface area contributed by atoms with E-state index in [9.17, 15) is 4.79 Å². The minimum atomic E-state index is -0.397. The van der Waals surface area contributed by atoms with E-state index in [4.69, 9.17) is 5.73 Å². The summed E-state index contributed by atoms with van der Waals surface area (Å²) in [6, 6.07) is 7.67. The van der Waals surface area contributed by atoms with Gasteiger partial charge in [0.05, 0.1) is 12.1 Å². The minimum absolute atomic E-state index is 0. The maximum atomic E-state index is 11.8. The van der Waals surface area contributed by atoms with Crippen LogP contribution in [0.2, 0.25) is 0 Å². The second-order valence-corrected chi connectivity index (χ2v) is 4.48. The maximum absolute atomic E-state index is 11.8. The van der Waals surface area contributed by atoms with Crippen LogP contribution >= 0.6 is 12.4 Å². The number of hydrogen-bond donors (Lipinski definition) is 2. The molecule has 0 radical (unpaired) electrons. The molecule has 2 atom stereocenters. The summed E-state index contributed by atoms with van der Waals surface area (Å²) in [6.07, 6.45) is 1.65. The summed E-state index contributed by atoms with van der Waals surface area (Å²) in [5.41, 5.74) is 8.11. The predicted molar refractivity (Wildman–Crippen MR) is 77.9 cm³/mol. The van der Waals surface area contributed by atoms with Crippen LogP contribution in [0.3, 0.4) is 0 Å². The molecule has 1 amide bonds. The van der Waals surface area contributed by atoms with E-state index in [0.717, 1.165) is 18.4 Å². The first-order valence-electron chi connectivity index (χ1n) is 6.17. The smallest absolute Gasteiger partial charge is 0.237 e. The van der Waals surface area contributed by atoms with Gasteiger partial charge in [-0.05, 0) is 31.4 Å². The standard InChI is InChI=1S/C14H22N2O.ClH/c1-4-7-13(15)14(17)16-11(3)12-9-6-5-8-10(12)2;/h5-6,8-9,11,13H,4,7,15H2,1-3H3,(H,16,17);1H. The van der Waals surface area contributed by atoms with Crippen molar-refractivity contribution in [3.63, 3.8) is 0 Å². The lowest BCUT2D eigenvalue weighted by molar-refractivity contribution is -0.123. The highest BCUT2D eigenvalue weighted by atomic mass is 35.5. The summed E-state index contributed by atoms with van der Waals surface area (Å²) in [4.78, 5) is 11.8. The first kappa shape index (κ1) is 16.9. The van der Waals surface area contributed by atoms with E-state index in [2.05, 4.69) is 5.32 Å². The highest BCUT2D eigenvalue weighted by Gasteiger charge is 2.16. The Morgan fingerprint density at radius 1 is 1.39 bits per heavy atom. The van der Waals surface area contributed by atoms with Gasteiger partial charge in [-0.15, -0.1) is 12.4 Å². The molecule has 4 heteroatoms. The first-order chi connectivity index (χ1) is 8.06. The van der Waals surface area contributed by atoms with Gasteiger partial charge in [0.1, 0.15) is 0 Å². The number of nitrogens with two attached hydrogens (primary N) is 1. The van der Waals surface area contributed by atoms with E-state index in [-0.39, 0.29) is 24.4 Å². The molecule has 0 aliphatic heterocycles. The quantitative estimate of drug-likeness (QED) is 0.864. The first-order valence-corrected chi connectivity index (χ1v) is 6.17. The average Bonchev–Trinajstić information content (AvgIpc) is 2.29. The van der Waals surface area contributed by atoms with Crippen LogP contribution in [0, 0.1) is 6.92 Å². The third-order valence-electron chi connectivity index (χ3n) is 2.95. The predicted octanol–water partition coefficient (Wildman–Crippen LogP) is 2.72. The summed E-state index contributed by atoms with van der Waals surface area (Å²) in [5.74, 6) is -0.0670. The van der Waals surface area contributed by atoms with E-state index >= 15 is 0 Å². The fourth-order valence-corrected chi connectivity index (χ4v) is 1.91. The lowest BCUT2D eigenvalue weighted by atomic mass is 10.0. The third kappa shape index (κ3) is 4.67. The molecule has 3 N–H and O–H groups in total. The molecule has 0 aliphatic rings. The molecular weight excluding hydrogens is 248 g/mol. The van der Waals surface area contributed by atoms with Crippen LogP contribution < -0.4 is 11.1 Å². The molecule has 0 spiro atoms. The van der Waals surface area contributed by atoms with E-state index in [0.29, 0.717) is 0 Å². The average molecular weight is 271 g/mol. The lowest BCUT2D eigenvalue weighted by Gasteiger charge is -2.19. The van der Waals surface area contributed by atoms with Crippen LogP contribution in [0.5, 0.6) is 0 Å². The van der Waals surface area contributed by atoms with Crippen molar-refractivity contribution in [3.8, 4) is 0 Å². The van der Waals surface area contributed by atoms with Crippen LogP contribution in [0.25, 0.3) is 0 Å². The fourth-order valence-electron chi connectivity index (χ4n) is 1.91. The van der Waals surface area contributed by atoms with E-state index in [1.165, 1.54) is 5.56 Å². The second kappa shape index (κ2) is 8.11. The van der Waals surface area contributed by atoms with Gasteiger partial charge in [0.15, 0.2) is 0 Å². The Bertz CT molecular complexity index is 382. The van der Waals surface area contributed by atoms with Gasteiger partial charge in [-0.3, -0.25) is 4.79 Å². The Morgan fingerprint density at radius 2 is 2.00 bits per heavy atom. The van der Waals surface area contributed by atoms with Crippen LogP contribution in [0.1, 0.15) is 43.9 Å². The Kier molecular flexibility index (Phi) is 7.64. The number of benzene rings is 1. The monoisotopic (exact) mass is 270 g/mol. The molecule has 0 aromatic heterocycles. The molecule has 0 heterocycles. The van der Waals surface area contributed by atoms with Gasteiger partial charge in [0.25, 0.3) is 0 Å². The number of nitrogens with one attached hydrogen (secondary N) is 1. The zero-order valence-corrected chi connectivity index (χ0v) is 12.1. The zero-order chi connectivity index (χ0) is 12.8. The Hall–Kier alpha value is -1.06. The topological polar surface area (TPSA) is 55.1 Å². The van der Waals surface area contributed by atoms with Crippen molar-refractivity contribution in [2.75, 3.05) is 0 Å². The van der Waals surface area contributed by atoms with Gasteiger partial charge in [-0.2, -0.15) is 0 Å². The van der Waals surface area contributed by atoms with Crippen molar-refractivity contribution >= 4 is 18.3 Å². The number of amides is 1. The van der Waals surface area contributed by atoms with Crippen molar-refractivity contribution in [2.24, 2.45) is 5.73 Å². The fraction of sp³-hybridized carbons (Fsp3) is 0.500. The number of carbonyl (C=O) groups excluding carboxylic acids is 1. The summed E-state index contributed by atoms with van der Waals surface area (Å²) in [7, 11) is 0. The summed E-state index contributed by atoms with van der Waals surface area (Å²) in [5, 5.41) is 2.96. The molecule has 18 heavy (non-hydrogen) atoms. The lowest BCUT2D eigenvalue weighted by Crippen LogP contribution is -2.41. The molecule has 0 aliphatic carbocycles. The number of halogens is 1. The molecule has 2 unspecified atom stereocenters. The van der Waals surface area contributed by atoms with Gasteiger partial charge in [0.2, 0.25) is 5.91 Å². The van der Waals surface area contributed by atoms with Crippen molar-refractivity contribution in [2.45, 2.75) is 45.7 Å². The van der Waals surface area contributed by atoms with Gasteiger partial charge in [0, 0.05) is 0 Å². The van der Waals surface area contributed by atoms with Gasteiger partial charge < -0.3 is 11.1 Å². The molecule has 0 bridgehead atoms. The van der Waals surface area contributed by atoms with Crippen molar-refractivity contribution in [3.05, 3.63) is 35.4 Å². The Labute approximate surface area is 116 Å². The van der Waals surface area contributed by atoms with Gasteiger partial charge in [-0.1, -0.05) is 37.6 Å². The largest absolute Gasteiger partial charge is 0.348 e. The number of carbonyl (C=O) groups is 1. The number of rotatable bonds is 5. The molecule has 0 fully saturated rings. The molecule has 1 rings (SSSR count). The molecule has 1 aromatic carbocycles. The highest BCUT2D eigenvalue weighted by Crippen LogP contribution is 2.16. The van der Waals surface area contributed by atoms with Crippen LogP contribution in [-0.4, -0.2) is 11.9 Å². The van der Waals surface area contributed by atoms with E-state index in [1.807, 2.05) is 45.0 Å². The Morgan fingerprint density at radius 3 is 2.56 bits per heavy atom. The van der Waals surface area contributed by atoms with Crippen LogP contribution in [-0.2, 0) is 4.79 Å². The van der Waals surface area contributed by atoms with Crippen LogP contribution in [0.4, 0.5) is 0 Å². The Balaban J connectivity index is 0.00000289. The second-order valence-electron chi connectivity index (χ2n) is 4.48. The van der Waals surface area contributed by atoms with Crippen molar-refractivity contribution in [1.29, 1.82) is 0 Å². The third-order valence-corrected chi connectivity index (χ3v) is 2.95. The van der Waals surface area contributed by atoms with Crippen molar-refractivity contribution < 1.29 is 4.79 Å². The highest BCUT2D eigenvalue weighted by molar-refractivity contribution is 5.85. The van der Waals surface area contributed by atoms with E-state index < -0.39 is 6.04 Å². The van der Waals surface area contributed by atoms with Crippen LogP contribution in [0.15, 0.2) is 24.3 Å². The van der Waals surface area contributed by atoms with Gasteiger partial charge in [-0.25, -0.2) is 0 Å².